The van der Waals surface area contributed by atoms with E-state index in [9.17, 15) is 4.79 Å². The molecule has 0 radical (unpaired) electrons. The van der Waals surface area contributed by atoms with Gasteiger partial charge in [-0.15, -0.1) is 24.0 Å². The van der Waals surface area contributed by atoms with Crippen LogP contribution in [0.4, 0.5) is 0 Å². The van der Waals surface area contributed by atoms with Crippen molar-refractivity contribution in [1.82, 2.24) is 20.9 Å². The summed E-state index contributed by atoms with van der Waals surface area (Å²) in [5.74, 6) is 2.04. The summed E-state index contributed by atoms with van der Waals surface area (Å²) in [4.78, 5) is 18.3. The lowest BCUT2D eigenvalue weighted by molar-refractivity contribution is -0.122. The highest BCUT2D eigenvalue weighted by Crippen LogP contribution is 2.33. The van der Waals surface area contributed by atoms with E-state index in [1.807, 2.05) is 0 Å². The second kappa shape index (κ2) is 11.9. The maximum Gasteiger partial charge on any atom is 0.233 e. The number of hydrogen-bond acceptors (Lipinski definition) is 3. The van der Waals surface area contributed by atoms with Crippen molar-refractivity contribution in [2.45, 2.75) is 51.5 Å². The molecular formula is C17H34IN5O. The number of amides is 1. The van der Waals surface area contributed by atoms with Crippen LogP contribution in [0.5, 0.6) is 0 Å². The van der Waals surface area contributed by atoms with Crippen molar-refractivity contribution >= 4 is 35.8 Å². The van der Waals surface area contributed by atoms with Gasteiger partial charge in [0.15, 0.2) is 5.96 Å². The molecule has 2 fully saturated rings. The quantitative estimate of drug-likeness (QED) is 0.227. The molecule has 6 nitrogen and oxygen atoms in total. The molecule has 7 heteroatoms. The lowest BCUT2D eigenvalue weighted by atomic mass is 10.1. The van der Waals surface area contributed by atoms with Crippen LogP contribution in [-0.4, -0.2) is 62.6 Å². The molecule has 24 heavy (non-hydrogen) atoms. The lowest BCUT2D eigenvalue weighted by Crippen LogP contribution is -2.50. The third-order valence-corrected chi connectivity index (χ3v) is 4.66. The molecule has 0 unspecified atom stereocenters. The summed E-state index contributed by atoms with van der Waals surface area (Å²) < 4.78 is 0. The second-order valence-corrected chi connectivity index (χ2v) is 6.71. The standard InChI is InChI=1S/C17H33N5O.HI/c1-3-19-17(20-10-4-5-14-6-7-14)21-15-8-11-22(12-9-15)13-16(23)18-2;/h14-15H,3-13H2,1-2H3,(H,18,23)(H2,19,20,21);1H. The van der Waals surface area contributed by atoms with Crippen molar-refractivity contribution in [3.63, 3.8) is 0 Å². The smallest absolute Gasteiger partial charge is 0.233 e. The van der Waals surface area contributed by atoms with E-state index in [0.29, 0.717) is 12.6 Å². The van der Waals surface area contributed by atoms with Gasteiger partial charge in [-0.25, -0.2) is 0 Å². The van der Waals surface area contributed by atoms with E-state index in [0.717, 1.165) is 50.9 Å². The zero-order valence-electron chi connectivity index (χ0n) is 15.1. The number of piperidine rings is 1. The molecule has 1 saturated heterocycles. The van der Waals surface area contributed by atoms with Crippen molar-refractivity contribution in [3.05, 3.63) is 0 Å². The third kappa shape index (κ3) is 8.50. The third-order valence-electron chi connectivity index (χ3n) is 4.66. The topological polar surface area (TPSA) is 68.8 Å². The number of carbonyl (C=O) groups is 1. The van der Waals surface area contributed by atoms with Crippen LogP contribution in [0.1, 0.15) is 45.4 Å². The molecule has 1 aliphatic heterocycles. The summed E-state index contributed by atoms with van der Waals surface area (Å²) in [5, 5.41) is 9.60. The van der Waals surface area contributed by atoms with Gasteiger partial charge in [0.25, 0.3) is 0 Å². The zero-order valence-corrected chi connectivity index (χ0v) is 17.5. The fraction of sp³-hybridized carbons (Fsp3) is 0.882. The average Bonchev–Trinajstić information content (AvgIpc) is 3.37. The van der Waals surface area contributed by atoms with E-state index in [1.54, 1.807) is 7.05 Å². The zero-order chi connectivity index (χ0) is 16.5. The number of likely N-dealkylation sites (N-methyl/N-ethyl adjacent to an activating group) is 1. The lowest BCUT2D eigenvalue weighted by Gasteiger charge is -2.32. The maximum absolute atomic E-state index is 11.4. The first-order valence-electron chi connectivity index (χ1n) is 9.19. The minimum absolute atomic E-state index is 0. The van der Waals surface area contributed by atoms with Gasteiger partial charge in [0.05, 0.1) is 6.54 Å². The van der Waals surface area contributed by atoms with E-state index in [1.165, 1.54) is 25.7 Å². The predicted octanol–water partition coefficient (Wildman–Crippen LogP) is 1.56. The molecule has 1 saturated carbocycles. The number of aliphatic imine (C=N–C) groups is 1. The summed E-state index contributed by atoms with van der Waals surface area (Å²) in [7, 11) is 1.69. The van der Waals surface area contributed by atoms with Gasteiger partial charge in [0.1, 0.15) is 0 Å². The maximum atomic E-state index is 11.4. The van der Waals surface area contributed by atoms with Gasteiger partial charge in [-0.3, -0.25) is 14.7 Å². The number of nitrogens with one attached hydrogen (secondary N) is 3. The minimum Gasteiger partial charge on any atom is -0.358 e. The second-order valence-electron chi connectivity index (χ2n) is 6.71. The minimum atomic E-state index is 0. The Hall–Kier alpha value is -0.570. The largest absolute Gasteiger partial charge is 0.358 e. The number of nitrogens with zero attached hydrogens (tertiary/aromatic N) is 2. The van der Waals surface area contributed by atoms with Crippen LogP contribution < -0.4 is 16.0 Å². The molecule has 0 aromatic heterocycles. The van der Waals surface area contributed by atoms with Crippen LogP contribution in [0.15, 0.2) is 4.99 Å². The number of halogens is 1. The molecule has 0 aromatic rings. The highest BCUT2D eigenvalue weighted by Gasteiger charge is 2.22. The number of rotatable bonds is 8. The normalized spacial score (nSPS) is 19.5. The molecule has 140 valence electrons. The van der Waals surface area contributed by atoms with Crippen molar-refractivity contribution in [2.75, 3.05) is 39.8 Å². The summed E-state index contributed by atoms with van der Waals surface area (Å²) in [6.07, 6.45) is 7.51. The monoisotopic (exact) mass is 451 g/mol. The van der Waals surface area contributed by atoms with Gasteiger partial charge in [-0.05, 0) is 38.5 Å². The Kier molecular flexibility index (Phi) is 10.6. The Morgan fingerprint density at radius 3 is 2.50 bits per heavy atom. The van der Waals surface area contributed by atoms with E-state index >= 15 is 0 Å². The Bertz CT molecular complexity index is 392. The molecule has 3 N–H and O–H groups in total. The first-order chi connectivity index (χ1) is 11.2. The molecule has 0 spiro atoms. The van der Waals surface area contributed by atoms with Crippen LogP contribution in [0.2, 0.25) is 0 Å². The van der Waals surface area contributed by atoms with Crippen molar-refractivity contribution in [2.24, 2.45) is 10.9 Å². The van der Waals surface area contributed by atoms with Gasteiger partial charge >= 0.3 is 0 Å². The Morgan fingerprint density at radius 1 is 1.21 bits per heavy atom. The van der Waals surface area contributed by atoms with E-state index < -0.39 is 0 Å². The van der Waals surface area contributed by atoms with Crippen LogP contribution >= 0.6 is 24.0 Å². The average molecular weight is 451 g/mol. The fourth-order valence-electron chi connectivity index (χ4n) is 3.01. The number of guanidine groups is 1. The van der Waals surface area contributed by atoms with Crippen LogP contribution in [0.25, 0.3) is 0 Å². The molecule has 0 bridgehead atoms. The van der Waals surface area contributed by atoms with Gasteiger partial charge in [0, 0.05) is 39.3 Å². The van der Waals surface area contributed by atoms with Gasteiger partial charge in [-0.1, -0.05) is 12.8 Å². The number of carbonyl (C=O) groups excluding carboxylic acids is 1. The van der Waals surface area contributed by atoms with Crippen molar-refractivity contribution in [1.29, 1.82) is 0 Å². The van der Waals surface area contributed by atoms with Crippen molar-refractivity contribution < 1.29 is 4.79 Å². The molecule has 1 heterocycles. The van der Waals surface area contributed by atoms with E-state index in [4.69, 9.17) is 4.99 Å². The number of likely N-dealkylation sites (tertiary alicyclic amines) is 1. The summed E-state index contributed by atoms with van der Waals surface area (Å²) >= 11 is 0. The molecule has 0 aromatic carbocycles. The highest BCUT2D eigenvalue weighted by molar-refractivity contribution is 14.0. The summed E-state index contributed by atoms with van der Waals surface area (Å²) in [6.45, 7) is 6.36. The van der Waals surface area contributed by atoms with E-state index in [2.05, 4.69) is 27.8 Å². The van der Waals surface area contributed by atoms with Gasteiger partial charge in [-0.2, -0.15) is 0 Å². The van der Waals surface area contributed by atoms with Gasteiger partial charge < -0.3 is 16.0 Å². The molecule has 0 atom stereocenters. The Morgan fingerprint density at radius 2 is 1.92 bits per heavy atom. The fourth-order valence-corrected chi connectivity index (χ4v) is 3.01. The Balaban J connectivity index is 0.00000288. The van der Waals surface area contributed by atoms with Crippen molar-refractivity contribution in [3.8, 4) is 0 Å². The molecule has 1 aliphatic carbocycles. The molecule has 2 rings (SSSR count). The first-order valence-corrected chi connectivity index (χ1v) is 9.19. The summed E-state index contributed by atoms with van der Waals surface area (Å²) in [5.41, 5.74) is 0. The predicted molar refractivity (Wildman–Crippen MR) is 110 cm³/mol. The number of hydrogen-bond donors (Lipinski definition) is 3. The summed E-state index contributed by atoms with van der Waals surface area (Å²) in [6, 6.07) is 0.456. The SMILES string of the molecule is CCNC(=NCCCC1CC1)NC1CCN(CC(=O)NC)CC1.I. The molecule has 2 aliphatic rings. The van der Waals surface area contributed by atoms with Crippen LogP contribution in [0, 0.1) is 5.92 Å². The van der Waals surface area contributed by atoms with Gasteiger partial charge in [0.2, 0.25) is 5.91 Å². The van der Waals surface area contributed by atoms with Crippen LogP contribution in [-0.2, 0) is 4.79 Å². The molecule has 1 amide bonds. The first kappa shape index (κ1) is 21.5. The molecular weight excluding hydrogens is 417 g/mol. The highest BCUT2D eigenvalue weighted by atomic mass is 127. The Labute approximate surface area is 163 Å². The van der Waals surface area contributed by atoms with Crippen LogP contribution in [0.3, 0.4) is 0 Å². The van der Waals surface area contributed by atoms with E-state index in [-0.39, 0.29) is 29.9 Å².